The summed E-state index contributed by atoms with van der Waals surface area (Å²) in [6.45, 7) is 4.60. The maximum Gasteiger partial charge on any atom is 0.123 e. The van der Waals surface area contributed by atoms with Crippen molar-refractivity contribution in [3.05, 3.63) is 35.6 Å². The maximum atomic E-state index is 13.0. The van der Waals surface area contributed by atoms with Gasteiger partial charge in [-0.3, -0.25) is 0 Å². The second-order valence-electron chi connectivity index (χ2n) is 5.38. The highest BCUT2D eigenvalue weighted by molar-refractivity contribution is 5.27. The van der Waals surface area contributed by atoms with E-state index in [0.29, 0.717) is 11.3 Å². The minimum atomic E-state index is -0.126. The van der Waals surface area contributed by atoms with Crippen molar-refractivity contribution in [3.63, 3.8) is 0 Å². The van der Waals surface area contributed by atoms with Crippen molar-refractivity contribution in [1.82, 2.24) is 0 Å². The van der Waals surface area contributed by atoms with E-state index in [-0.39, 0.29) is 5.82 Å². The van der Waals surface area contributed by atoms with Gasteiger partial charge in [0.2, 0.25) is 0 Å². The monoisotopic (exact) mass is 220 g/mol. The summed E-state index contributed by atoms with van der Waals surface area (Å²) in [5, 5.41) is 0. The third-order valence-electron chi connectivity index (χ3n) is 4.27. The third-order valence-corrected chi connectivity index (χ3v) is 4.27. The lowest BCUT2D eigenvalue weighted by molar-refractivity contribution is 0.216. The van der Waals surface area contributed by atoms with Gasteiger partial charge in [-0.15, -0.1) is 0 Å². The second-order valence-corrected chi connectivity index (χ2v) is 5.38. The molecule has 0 aliphatic heterocycles. The quantitative estimate of drug-likeness (QED) is 0.678. The van der Waals surface area contributed by atoms with Crippen LogP contribution in [0.1, 0.15) is 51.5 Å². The molecule has 1 saturated carbocycles. The van der Waals surface area contributed by atoms with E-state index >= 15 is 0 Å². The minimum absolute atomic E-state index is 0.126. The van der Waals surface area contributed by atoms with Gasteiger partial charge in [-0.05, 0) is 41.9 Å². The van der Waals surface area contributed by atoms with E-state index in [2.05, 4.69) is 13.8 Å². The van der Waals surface area contributed by atoms with Gasteiger partial charge in [0, 0.05) is 0 Å². The Balaban J connectivity index is 2.34. The zero-order valence-corrected chi connectivity index (χ0v) is 10.3. The molecule has 1 aliphatic rings. The smallest absolute Gasteiger partial charge is 0.123 e. The number of rotatable bonds is 2. The molecular formula is C15H21F. The predicted molar refractivity (Wildman–Crippen MR) is 66.0 cm³/mol. The van der Waals surface area contributed by atoms with Gasteiger partial charge in [0.1, 0.15) is 5.82 Å². The highest BCUT2D eigenvalue weighted by Gasteiger charge is 2.36. The van der Waals surface area contributed by atoms with Crippen LogP contribution in [0.4, 0.5) is 4.39 Å². The largest absolute Gasteiger partial charge is 0.207 e. The van der Waals surface area contributed by atoms with Gasteiger partial charge in [0.05, 0.1) is 0 Å². The van der Waals surface area contributed by atoms with Crippen LogP contribution in [0, 0.1) is 11.7 Å². The molecule has 0 aromatic heterocycles. The van der Waals surface area contributed by atoms with Crippen molar-refractivity contribution < 1.29 is 4.39 Å². The third kappa shape index (κ3) is 2.00. The zero-order valence-electron chi connectivity index (χ0n) is 10.3. The standard InChI is InChI=1S/C15H21F/c1-12(2)15(10-4-3-5-11-15)13-6-8-14(16)9-7-13/h6-9,12H,3-5,10-11H2,1-2H3. The fourth-order valence-corrected chi connectivity index (χ4v) is 3.16. The molecule has 0 N–H and O–H groups in total. The van der Waals surface area contributed by atoms with Crippen molar-refractivity contribution in [3.8, 4) is 0 Å². The number of benzene rings is 1. The van der Waals surface area contributed by atoms with Gasteiger partial charge in [0.25, 0.3) is 0 Å². The Hall–Kier alpha value is -0.850. The summed E-state index contributed by atoms with van der Waals surface area (Å²) in [6, 6.07) is 7.18. The van der Waals surface area contributed by atoms with Crippen molar-refractivity contribution in [2.75, 3.05) is 0 Å². The molecule has 1 heteroatoms. The number of hydrogen-bond donors (Lipinski definition) is 0. The van der Waals surface area contributed by atoms with E-state index in [1.807, 2.05) is 12.1 Å². The predicted octanol–water partition coefficient (Wildman–Crippen LogP) is 4.68. The molecule has 1 fully saturated rings. The van der Waals surface area contributed by atoms with Crippen LogP contribution in [0.3, 0.4) is 0 Å². The first kappa shape index (κ1) is 11.6. The van der Waals surface area contributed by atoms with Crippen molar-refractivity contribution in [2.24, 2.45) is 5.92 Å². The first-order valence-corrected chi connectivity index (χ1v) is 6.41. The average molecular weight is 220 g/mol. The zero-order chi connectivity index (χ0) is 11.6. The molecule has 1 aromatic rings. The molecule has 1 aromatic carbocycles. The topological polar surface area (TPSA) is 0 Å². The van der Waals surface area contributed by atoms with Gasteiger partial charge >= 0.3 is 0 Å². The lowest BCUT2D eigenvalue weighted by Crippen LogP contribution is -2.34. The van der Waals surface area contributed by atoms with Gasteiger partial charge in [-0.1, -0.05) is 45.2 Å². The van der Waals surface area contributed by atoms with Gasteiger partial charge < -0.3 is 0 Å². The van der Waals surface area contributed by atoms with Gasteiger partial charge in [-0.25, -0.2) is 4.39 Å². The summed E-state index contributed by atoms with van der Waals surface area (Å²) >= 11 is 0. The molecule has 0 unspecified atom stereocenters. The summed E-state index contributed by atoms with van der Waals surface area (Å²) in [4.78, 5) is 0. The molecule has 88 valence electrons. The summed E-state index contributed by atoms with van der Waals surface area (Å²) in [6.07, 6.45) is 6.51. The lowest BCUT2D eigenvalue weighted by atomic mass is 9.63. The number of hydrogen-bond acceptors (Lipinski definition) is 0. The molecule has 0 radical (unpaired) electrons. The first-order valence-electron chi connectivity index (χ1n) is 6.41. The van der Waals surface area contributed by atoms with Crippen LogP contribution in [0.25, 0.3) is 0 Å². The Bertz CT molecular complexity index is 331. The molecule has 0 amide bonds. The second kappa shape index (κ2) is 4.57. The lowest BCUT2D eigenvalue weighted by Gasteiger charge is -2.41. The van der Waals surface area contributed by atoms with E-state index in [9.17, 15) is 4.39 Å². The van der Waals surface area contributed by atoms with E-state index < -0.39 is 0 Å². The van der Waals surface area contributed by atoms with Crippen molar-refractivity contribution in [1.29, 1.82) is 0 Å². The summed E-state index contributed by atoms with van der Waals surface area (Å²) in [7, 11) is 0. The van der Waals surface area contributed by atoms with Crippen molar-refractivity contribution in [2.45, 2.75) is 51.4 Å². The van der Waals surface area contributed by atoms with Crippen LogP contribution in [0.2, 0.25) is 0 Å². The average Bonchev–Trinajstić information content (AvgIpc) is 2.30. The number of halogens is 1. The Morgan fingerprint density at radius 1 is 1.00 bits per heavy atom. The summed E-state index contributed by atoms with van der Waals surface area (Å²) < 4.78 is 13.0. The van der Waals surface area contributed by atoms with Crippen molar-refractivity contribution >= 4 is 0 Å². The highest BCUT2D eigenvalue weighted by atomic mass is 19.1. The molecule has 1 aliphatic carbocycles. The molecule has 16 heavy (non-hydrogen) atoms. The Morgan fingerprint density at radius 3 is 2.06 bits per heavy atom. The maximum absolute atomic E-state index is 13.0. The van der Waals surface area contributed by atoms with Crippen LogP contribution in [-0.4, -0.2) is 0 Å². The van der Waals surface area contributed by atoms with Crippen LogP contribution in [0.5, 0.6) is 0 Å². The molecule has 2 rings (SSSR count). The molecular weight excluding hydrogens is 199 g/mol. The van der Waals surface area contributed by atoms with Gasteiger partial charge in [0.15, 0.2) is 0 Å². The van der Waals surface area contributed by atoms with Crippen LogP contribution in [-0.2, 0) is 5.41 Å². The normalized spacial score (nSPS) is 20.0. The Labute approximate surface area is 97.9 Å². The molecule has 0 nitrogen and oxygen atoms in total. The van der Waals surface area contributed by atoms with Crippen LogP contribution < -0.4 is 0 Å². The SMILES string of the molecule is CC(C)C1(c2ccc(F)cc2)CCCCC1. The fraction of sp³-hybridized carbons (Fsp3) is 0.600. The van der Waals surface area contributed by atoms with E-state index in [1.165, 1.54) is 37.7 Å². The van der Waals surface area contributed by atoms with E-state index in [4.69, 9.17) is 0 Å². The molecule has 0 atom stereocenters. The first-order chi connectivity index (χ1) is 7.65. The van der Waals surface area contributed by atoms with E-state index in [0.717, 1.165) is 0 Å². The highest BCUT2D eigenvalue weighted by Crippen LogP contribution is 2.44. The fourth-order valence-electron chi connectivity index (χ4n) is 3.16. The van der Waals surface area contributed by atoms with Gasteiger partial charge in [-0.2, -0.15) is 0 Å². The van der Waals surface area contributed by atoms with Crippen LogP contribution in [0.15, 0.2) is 24.3 Å². The summed E-state index contributed by atoms with van der Waals surface area (Å²) in [5.74, 6) is 0.511. The Morgan fingerprint density at radius 2 is 1.56 bits per heavy atom. The van der Waals surface area contributed by atoms with Crippen LogP contribution >= 0.6 is 0 Å². The molecule has 0 spiro atoms. The minimum Gasteiger partial charge on any atom is -0.207 e. The van der Waals surface area contributed by atoms with E-state index in [1.54, 1.807) is 12.1 Å². The summed E-state index contributed by atoms with van der Waals surface area (Å²) in [5.41, 5.74) is 1.63. The molecule has 0 heterocycles. The Kier molecular flexibility index (Phi) is 3.32. The molecule has 0 saturated heterocycles. The molecule has 0 bridgehead atoms.